The van der Waals surface area contributed by atoms with Gasteiger partial charge in [0.2, 0.25) is 0 Å². The fraction of sp³-hybridized carbons (Fsp3) is 0.375. The molecule has 1 aromatic heterocycles. The third-order valence-electron chi connectivity index (χ3n) is 1.70. The maximum atomic E-state index is 12.4. The summed E-state index contributed by atoms with van der Waals surface area (Å²) in [5, 5.41) is 0. The van der Waals surface area contributed by atoms with Gasteiger partial charge < -0.3 is 0 Å². The van der Waals surface area contributed by atoms with Crippen LogP contribution in [-0.4, -0.2) is 4.98 Å². The summed E-state index contributed by atoms with van der Waals surface area (Å²) in [5.41, 5.74) is 1.42. The van der Waals surface area contributed by atoms with E-state index < -0.39 is 6.43 Å². The normalized spacial score (nSPS) is 10.9. The molecule has 5 heteroatoms. The van der Waals surface area contributed by atoms with Gasteiger partial charge in [0.25, 0.3) is 6.43 Å². The minimum Gasteiger partial charge on any atom is -0.254 e. The second-order valence-electron chi connectivity index (χ2n) is 2.55. The number of aromatic nitrogens is 1. The van der Waals surface area contributed by atoms with Crippen LogP contribution in [0.3, 0.4) is 0 Å². The Balaban J connectivity index is 3.27. The summed E-state index contributed by atoms with van der Waals surface area (Å²) in [5.74, 6) is 0.242. The molecule has 0 N–H and O–H groups in total. The first-order valence-electron chi connectivity index (χ1n) is 3.56. The van der Waals surface area contributed by atoms with Gasteiger partial charge in [-0.15, -0.1) is 11.6 Å². The summed E-state index contributed by atoms with van der Waals surface area (Å²) in [6, 6.07) is 0. The van der Waals surface area contributed by atoms with Crippen LogP contribution in [-0.2, 0) is 5.88 Å². The van der Waals surface area contributed by atoms with Gasteiger partial charge in [-0.05, 0) is 40.6 Å². The molecule has 0 bridgehead atoms. The molecule has 0 unspecified atom stereocenters. The average Bonchev–Trinajstić information content (AvgIpc) is 2.04. The van der Waals surface area contributed by atoms with E-state index in [2.05, 4.69) is 4.98 Å². The lowest BCUT2D eigenvalue weighted by Gasteiger charge is -2.08. The van der Waals surface area contributed by atoms with Crippen molar-refractivity contribution in [3.05, 3.63) is 26.6 Å². The lowest BCUT2D eigenvalue weighted by molar-refractivity contribution is 0.145. The summed E-state index contributed by atoms with van der Waals surface area (Å²) >= 11 is 7.49. The van der Waals surface area contributed by atoms with Gasteiger partial charge in [-0.3, -0.25) is 4.98 Å². The zero-order valence-corrected chi connectivity index (χ0v) is 9.73. The summed E-state index contributed by atoms with van der Waals surface area (Å²) in [6.07, 6.45) is -1.10. The minimum atomic E-state index is -2.53. The van der Waals surface area contributed by atoms with Crippen LogP contribution in [0.5, 0.6) is 0 Å². The first-order valence-corrected chi connectivity index (χ1v) is 5.17. The van der Waals surface area contributed by atoms with E-state index in [1.165, 1.54) is 6.20 Å². The van der Waals surface area contributed by atoms with Gasteiger partial charge in [0.1, 0.15) is 5.69 Å². The van der Waals surface area contributed by atoms with Gasteiger partial charge in [-0.2, -0.15) is 0 Å². The van der Waals surface area contributed by atoms with Crippen LogP contribution in [0.2, 0.25) is 0 Å². The fourth-order valence-electron chi connectivity index (χ4n) is 0.945. The SMILES string of the molecule is Cc1cnc(C(F)F)c(I)c1CCl. The molecule has 0 aromatic carbocycles. The third kappa shape index (κ3) is 2.28. The highest BCUT2D eigenvalue weighted by Gasteiger charge is 2.16. The summed E-state index contributed by atoms with van der Waals surface area (Å²) in [6.45, 7) is 1.81. The fourth-order valence-corrected chi connectivity index (χ4v) is 2.51. The van der Waals surface area contributed by atoms with Crippen LogP contribution in [0, 0.1) is 10.5 Å². The maximum absolute atomic E-state index is 12.4. The number of aryl methyl sites for hydroxylation is 1. The molecular weight excluding hydrogens is 310 g/mol. The highest BCUT2D eigenvalue weighted by atomic mass is 127. The largest absolute Gasteiger partial charge is 0.281 e. The highest BCUT2D eigenvalue weighted by Crippen LogP contribution is 2.27. The maximum Gasteiger partial charge on any atom is 0.281 e. The van der Waals surface area contributed by atoms with Gasteiger partial charge in [0.15, 0.2) is 0 Å². The average molecular weight is 318 g/mol. The second kappa shape index (κ2) is 4.50. The standard InChI is InChI=1S/C8H7ClF2IN/c1-4-3-13-7(8(10)11)6(12)5(4)2-9/h3,8H,2H2,1H3. The number of halogens is 4. The molecule has 1 nitrogen and oxygen atoms in total. The quantitative estimate of drug-likeness (QED) is 0.599. The Morgan fingerprint density at radius 1 is 1.62 bits per heavy atom. The topological polar surface area (TPSA) is 12.9 Å². The van der Waals surface area contributed by atoms with Crippen molar-refractivity contribution in [1.82, 2.24) is 4.98 Å². The van der Waals surface area contributed by atoms with Crippen molar-refractivity contribution >= 4 is 34.2 Å². The van der Waals surface area contributed by atoms with E-state index in [1.807, 2.05) is 29.5 Å². The molecule has 0 aliphatic heterocycles. The van der Waals surface area contributed by atoms with Crippen molar-refractivity contribution in [3.8, 4) is 0 Å². The predicted octanol–water partition coefficient (Wildman–Crippen LogP) is 3.67. The number of pyridine rings is 1. The lowest BCUT2D eigenvalue weighted by Crippen LogP contribution is -2.00. The number of hydrogen-bond donors (Lipinski definition) is 0. The predicted molar refractivity (Wildman–Crippen MR) is 56.2 cm³/mol. The Morgan fingerprint density at radius 3 is 2.69 bits per heavy atom. The van der Waals surface area contributed by atoms with Crippen LogP contribution in [0.25, 0.3) is 0 Å². The van der Waals surface area contributed by atoms with Crippen LogP contribution < -0.4 is 0 Å². The van der Waals surface area contributed by atoms with Crippen molar-refractivity contribution in [1.29, 1.82) is 0 Å². The van der Waals surface area contributed by atoms with E-state index in [9.17, 15) is 8.78 Å². The van der Waals surface area contributed by atoms with E-state index >= 15 is 0 Å². The van der Waals surface area contributed by atoms with E-state index in [1.54, 1.807) is 0 Å². The summed E-state index contributed by atoms with van der Waals surface area (Å²) in [7, 11) is 0. The molecule has 0 saturated heterocycles. The lowest BCUT2D eigenvalue weighted by atomic mass is 10.1. The van der Waals surface area contributed by atoms with Crippen LogP contribution in [0.15, 0.2) is 6.20 Å². The number of hydrogen-bond acceptors (Lipinski definition) is 1. The zero-order valence-electron chi connectivity index (χ0n) is 6.82. The molecule has 1 heterocycles. The zero-order chi connectivity index (χ0) is 10.0. The van der Waals surface area contributed by atoms with Gasteiger partial charge in [0, 0.05) is 15.6 Å². The molecule has 0 fully saturated rings. The van der Waals surface area contributed by atoms with Crippen molar-refractivity contribution < 1.29 is 8.78 Å². The molecule has 0 spiro atoms. The first kappa shape index (κ1) is 11.1. The molecule has 0 amide bonds. The van der Waals surface area contributed by atoms with Gasteiger partial charge in [-0.1, -0.05) is 0 Å². The van der Waals surface area contributed by atoms with Crippen molar-refractivity contribution in [3.63, 3.8) is 0 Å². The Hall–Kier alpha value is 0.0300. The van der Waals surface area contributed by atoms with Crippen LogP contribution in [0.4, 0.5) is 8.78 Å². The van der Waals surface area contributed by atoms with Gasteiger partial charge in [-0.25, -0.2) is 8.78 Å². The molecule has 0 aliphatic rings. The Kier molecular flexibility index (Phi) is 3.85. The first-order chi connectivity index (χ1) is 6.07. The molecule has 0 radical (unpaired) electrons. The molecule has 1 aromatic rings. The molecule has 72 valence electrons. The Bertz CT molecular complexity index is 317. The monoisotopic (exact) mass is 317 g/mol. The van der Waals surface area contributed by atoms with Crippen LogP contribution >= 0.6 is 34.2 Å². The second-order valence-corrected chi connectivity index (χ2v) is 3.90. The van der Waals surface area contributed by atoms with Gasteiger partial charge in [0.05, 0.1) is 0 Å². The number of nitrogens with zero attached hydrogens (tertiary/aromatic N) is 1. The van der Waals surface area contributed by atoms with Crippen LogP contribution in [0.1, 0.15) is 23.2 Å². The number of rotatable bonds is 2. The summed E-state index contributed by atoms with van der Waals surface area (Å²) < 4.78 is 25.2. The van der Waals surface area contributed by atoms with E-state index in [4.69, 9.17) is 11.6 Å². The smallest absolute Gasteiger partial charge is 0.254 e. The molecule has 13 heavy (non-hydrogen) atoms. The van der Waals surface area contributed by atoms with E-state index in [0.29, 0.717) is 3.57 Å². The highest BCUT2D eigenvalue weighted by molar-refractivity contribution is 14.1. The minimum absolute atomic E-state index is 0.179. The summed E-state index contributed by atoms with van der Waals surface area (Å²) in [4.78, 5) is 3.67. The Labute approximate surface area is 93.6 Å². The molecule has 0 saturated carbocycles. The van der Waals surface area contributed by atoms with E-state index in [0.717, 1.165) is 11.1 Å². The Morgan fingerprint density at radius 2 is 2.23 bits per heavy atom. The molecule has 0 aliphatic carbocycles. The molecular formula is C8H7ClF2IN. The molecule has 1 rings (SSSR count). The van der Waals surface area contributed by atoms with Crippen molar-refractivity contribution in [2.24, 2.45) is 0 Å². The third-order valence-corrected chi connectivity index (χ3v) is 3.17. The van der Waals surface area contributed by atoms with E-state index in [-0.39, 0.29) is 11.6 Å². The number of alkyl halides is 3. The molecule has 0 atom stereocenters. The van der Waals surface area contributed by atoms with Crippen molar-refractivity contribution in [2.45, 2.75) is 19.2 Å². The van der Waals surface area contributed by atoms with Crippen molar-refractivity contribution in [2.75, 3.05) is 0 Å². The van der Waals surface area contributed by atoms with Gasteiger partial charge >= 0.3 is 0 Å².